The molecule has 0 radical (unpaired) electrons. The normalized spacial score (nSPS) is 10.6. The van der Waals surface area contributed by atoms with Crippen LogP contribution in [0.1, 0.15) is 19.3 Å². The average molecular weight is 250 g/mol. The number of rotatable bonds is 6. The molecule has 0 saturated heterocycles. The van der Waals surface area contributed by atoms with Gasteiger partial charge >= 0.3 is 0 Å². The SMILES string of the molecule is ClCCCCCOc1cccc2ncccc12. The van der Waals surface area contributed by atoms with Crippen molar-refractivity contribution in [1.82, 2.24) is 4.98 Å². The number of aromatic nitrogens is 1. The molecule has 3 heteroatoms. The minimum Gasteiger partial charge on any atom is -0.493 e. The molecule has 17 heavy (non-hydrogen) atoms. The second-order valence-corrected chi connectivity index (χ2v) is 4.30. The summed E-state index contributed by atoms with van der Waals surface area (Å²) in [5.41, 5.74) is 0.978. The molecule has 1 aromatic carbocycles. The van der Waals surface area contributed by atoms with Gasteiger partial charge in [0, 0.05) is 17.5 Å². The lowest BCUT2D eigenvalue weighted by molar-refractivity contribution is 0.310. The van der Waals surface area contributed by atoms with Gasteiger partial charge in [0.1, 0.15) is 5.75 Å². The number of benzene rings is 1. The Bertz CT molecular complexity index is 467. The average Bonchev–Trinajstić information content (AvgIpc) is 2.39. The van der Waals surface area contributed by atoms with Crippen LogP contribution in [0.3, 0.4) is 0 Å². The van der Waals surface area contributed by atoms with E-state index in [1.165, 1.54) is 0 Å². The Hall–Kier alpha value is -1.28. The lowest BCUT2D eigenvalue weighted by Crippen LogP contribution is -1.98. The highest BCUT2D eigenvalue weighted by Gasteiger charge is 2.01. The van der Waals surface area contributed by atoms with Crippen molar-refractivity contribution in [3.63, 3.8) is 0 Å². The van der Waals surface area contributed by atoms with E-state index in [1.807, 2.05) is 30.3 Å². The molecule has 0 amide bonds. The number of halogens is 1. The largest absolute Gasteiger partial charge is 0.493 e. The fourth-order valence-corrected chi connectivity index (χ4v) is 1.95. The molecular weight excluding hydrogens is 234 g/mol. The standard InChI is InChI=1S/C14H16ClNO/c15-9-2-1-3-11-17-14-8-4-7-13-12(14)6-5-10-16-13/h4-8,10H,1-3,9,11H2. The molecule has 1 aromatic heterocycles. The molecule has 0 N–H and O–H groups in total. The lowest BCUT2D eigenvalue weighted by Gasteiger charge is -2.08. The first-order valence-corrected chi connectivity index (χ1v) is 6.48. The second-order valence-electron chi connectivity index (χ2n) is 3.92. The predicted octanol–water partition coefficient (Wildman–Crippen LogP) is 4.02. The summed E-state index contributed by atoms with van der Waals surface area (Å²) in [7, 11) is 0. The summed E-state index contributed by atoms with van der Waals surface area (Å²) in [4.78, 5) is 4.30. The van der Waals surface area contributed by atoms with Gasteiger partial charge in [-0.1, -0.05) is 6.07 Å². The fraction of sp³-hybridized carbons (Fsp3) is 0.357. The third kappa shape index (κ3) is 3.34. The van der Waals surface area contributed by atoms with E-state index in [-0.39, 0.29) is 0 Å². The van der Waals surface area contributed by atoms with Crippen LogP contribution in [-0.4, -0.2) is 17.5 Å². The summed E-state index contributed by atoms with van der Waals surface area (Å²) < 4.78 is 5.78. The van der Waals surface area contributed by atoms with Gasteiger partial charge in [-0.2, -0.15) is 0 Å². The minimum atomic E-state index is 0.734. The number of hydrogen-bond donors (Lipinski definition) is 0. The Kier molecular flexibility index (Phi) is 4.63. The molecule has 1 heterocycles. The van der Waals surface area contributed by atoms with Gasteiger partial charge in [0.15, 0.2) is 0 Å². The van der Waals surface area contributed by atoms with Gasteiger partial charge in [0.05, 0.1) is 12.1 Å². The van der Waals surface area contributed by atoms with Crippen LogP contribution < -0.4 is 4.74 Å². The number of alkyl halides is 1. The van der Waals surface area contributed by atoms with Crippen molar-refractivity contribution in [2.75, 3.05) is 12.5 Å². The molecule has 2 aromatic rings. The van der Waals surface area contributed by atoms with Crippen LogP contribution in [0, 0.1) is 0 Å². The zero-order chi connectivity index (χ0) is 11.9. The Morgan fingerprint density at radius 3 is 2.88 bits per heavy atom. The van der Waals surface area contributed by atoms with E-state index >= 15 is 0 Å². The van der Waals surface area contributed by atoms with Gasteiger partial charge < -0.3 is 4.74 Å². The molecule has 0 aliphatic rings. The van der Waals surface area contributed by atoms with Gasteiger partial charge in [-0.25, -0.2) is 0 Å². The Morgan fingerprint density at radius 2 is 2.00 bits per heavy atom. The molecule has 2 nitrogen and oxygen atoms in total. The maximum absolute atomic E-state index is 5.78. The van der Waals surface area contributed by atoms with Crippen molar-refractivity contribution in [2.45, 2.75) is 19.3 Å². The maximum atomic E-state index is 5.78. The highest BCUT2D eigenvalue weighted by molar-refractivity contribution is 6.17. The monoisotopic (exact) mass is 249 g/mol. The van der Waals surface area contributed by atoms with E-state index in [4.69, 9.17) is 16.3 Å². The van der Waals surface area contributed by atoms with Gasteiger partial charge in [0.25, 0.3) is 0 Å². The van der Waals surface area contributed by atoms with Crippen LogP contribution in [-0.2, 0) is 0 Å². The summed E-state index contributed by atoms with van der Waals surface area (Å²) in [6, 6.07) is 9.93. The number of hydrogen-bond acceptors (Lipinski definition) is 2. The summed E-state index contributed by atoms with van der Waals surface area (Å²) in [5, 5.41) is 1.08. The number of nitrogens with zero attached hydrogens (tertiary/aromatic N) is 1. The van der Waals surface area contributed by atoms with Crippen molar-refractivity contribution in [1.29, 1.82) is 0 Å². The molecule has 0 atom stereocenters. The predicted molar refractivity (Wildman–Crippen MR) is 71.8 cm³/mol. The smallest absolute Gasteiger partial charge is 0.128 e. The molecule has 90 valence electrons. The molecule has 0 spiro atoms. The number of unbranched alkanes of at least 4 members (excludes halogenated alkanes) is 2. The first kappa shape index (κ1) is 12.2. The van der Waals surface area contributed by atoms with E-state index in [1.54, 1.807) is 6.20 Å². The number of pyridine rings is 1. The van der Waals surface area contributed by atoms with Gasteiger partial charge in [-0.05, 0) is 43.5 Å². The van der Waals surface area contributed by atoms with Crippen LogP contribution in [0.5, 0.6) is 5.75 Å². The van der Waals surface area contributed by atoms with Crippen LogP contribution in [0.25, 0.3) is 10.9 Å². The maximum Gasteiger partial charge on any atom is 0.128 e. The quantitative estimate of drug-likeness (QED) is 0.570. The van der Waals surface area contributed by atoms with E-state index in [0.717, 1.165) is 48.4 Å². The Labute approximate surface area is 107 Å². The van der Waals surface area contributed by atoms with Gasteiger partial charge in [0.2, 0.25) is 0 Å². The lowest BCUT2D eigenvalue weighted by atomic mass is 10.2. The third-order valence-electron chi connectivity index (χ3n) is 2.64. The van der Waals surface area contributed by atoms with Crippen LogP contribution in [0.15, 0.2) is 36.5 Å². The summed E-state index contributed by atoms with van der Waals surface area (Å²) in [6.07, 6.45) is 5.02. The highest BCUT2D eigenvalue weighted by Crippen LogP contribution is 2.23. The van der Waals surface area contributed by atoms with Crippen molar-refractivity contribution >= 4 is 22.5 Å². The molecule has 0 unspecified atom stereocenters. The van der Waals surface area contributed by atoms with E-state index < -0.39 is 0 Å². The van der Waals surface area contributed by atoms with Crippen LogP contribution in [0.2, 0.25) is 0 Å². The summed E-state index contributed by atoms with van der Waals surface area (Å²) in [5.74, 6) is 1.65. The zero-order valence-corrected chi connectivity index (χ0v) is 10.5. The Morgan fingerprint density at radius 1 is 1.06 bits per heavy atom. The molecule has 0 bridgehead atoms. The molecule has 2 rings (SSSR count). The van der Waals surface area contributed by atoms with Crippen molar-refractivity contribution in [2.24, 2.45) is 0 Å². The number of ether oxygens (including phenoxy) is 1. The molecular formula is C14H16ClNO. The highest BCUT2D eigenvalue weighted by atomic mass is 35.5. The van der Waals surface area contributed by atoms with Crippen LogP contribution in [0.4, 0.5) is 0 Å². The molecule has 0 fully saturated rings. The summed E-state index contributed by atoms with van der Waals surface area (Å²) in [6.45, 7) is 0.741. The minimum absolute atomic E-state index is 0.734. The second kappa shape index (κ2) is 6.45. The molecule has 0 saturated carbocycles. The topological polar surface area (TPSA) is 22.1 Å². The van der Waals surface area contributed by atoms with Gasteiger partial charge in [-0.3, -0.25) is 4.98 Å². The van der Waals surface area contributed by atoms with Crippen molar-refractivity contribution in [3.05, 3.63) is 36.5 Å². The first-order valence-electron chi connectivity index (χ1n) is 5.94. The van der Waals surface area contributed by atoms with Crippen molar-refractivity contribution < 1.29 is 4.74 Å². The molecule has 0 aliphatic carbocycles. The van der Waals surface area contributed by atoms with E-state index in [2.05, 4.69) is 4.98 Å². The third-order valence-corrected chi connectivity index (χ3v) is 2.91. The fourth-order valence-electron chi connectivity index (χ4n) is 1.76. The first-order chi connectivity index (χ1) is 8.42. The van der Waals surface area contributed by atoms with E-state index in [9.17, 15) is 0 Å². The molecule has 0 aliphatic heterocycles. The van der Waals surface area contributed by atoms with Crippen LogP contribution >= 0.6 is 11.6 Å². The van der Waals surface area contributed by atoms with E-state index in [0.29, 0.717) is 0 Å². The number of fused-ring (bicyclic) bond motifs is 1. The van der Waals surface area contributed by atoms with Crippen molar-refractivity contribution in [3.8, 4) is 5.75 Å². The zero-order valence-electron chi connectivity index (χ0n) is 9.73. The Balaban J connectivity index is 1.98. The van der Waals surface area contributed by atoms with Gasteiger partial charge in [-0.15, -0.1) is 11.6 Å². The summed E-state index contributed by atoms with van der Waals surface area (Å²) >= 11 is 5.63.